The summed E-state index contributed by atoms with van der Waals surface area (Å²) < 4.78 is 6.37. The number of rotatable bonds is 3. The summed E-state index contributed by atoms with van der Waals surface area (Å²) in [5.41, 5.74) is 4.93. The van der Waals surface area contributed by atoms with Crippen LogP contribution in [0.2, 0.25) is 0 Å². The third-order valence-corrected chi connectivity index (χ3v) is 7.16. The number of nitriles is 1. The van der Waals surface area contributed by atoms with Crippen molar-refractivity contribution in [2.24, 2.45) is 0 Å². The molecule has 0 saturated carbocycles. The first-order valence-corrected chi connectivity index (χ1v) is 11.7. The first kappa shape index (κ1) is 20.3. The van der Waals surface area contributed by atoms with Crippen molar-refractivity contribution < 1.29 is 4.74 Å². The fourth-order valence-electron chi connectivity index (χ4n) is 5.29. The molecule has 2 saturated heterocycles. The lowest BCUT2D eigenvalue weighted by Crippen LogP contribution is -2.58. The molecule has 2 N–H and O–H groups in total. The molecule has 0 amide bonds. The van der Waals surface area contributed by atoms with Crippen molar-refractivity contribution in [2.45, 2.75) is 31.6 Å². The zero-order chi connectivity index (χ0) is 22.4. The van der Waals surface area contributed by atoms with E-state index in [1.165, 1.54) is 5.56 Å². The van der Waals surface area contributed by atoms with E-state index >= 15 is 0 Å². The molecule has 0 unspecified atom stereocenters. The van der Waals surface area contributed by atoms with Crippen LogP contribution in [0.15, 0.2) is 48.7 Å². The molecule has 7 heteroatoms. The number of fused-ring (bicyclic) bond motifs is 3. The number of hydrogen-bond donors (Lipinski definition) is 2. The highest BCUT2D eigenvalue weighted by molar-refractivity contribution is 5.95. The fourth-order valence-corrected chi connectivity index (χ4v) is 5.29. The number of aromatic nitrogens is 1. The van der Waals surface area contributed by atoms with E-state index in [9.17, 15) is 5.26 Å². The van der Waals surface area contributed by atoms with Gasteiger partial charge in [-0.05, 0) is 37.3 Å². The Hall–Kier alpha value is -3.34. The monoisotopic (exact) mass is 440 g/mol. The SMILES string of the molecule is C[C@@H]1CN(c2ccc(C#N)c3ncccc23)C[C@@H]2COc3cc(NC4CNC4)ccc3CN21. The minimum atomic E-state index is 0.288. The molecule has 33 heavy (non-hydrogen) atoms. The van der Waals surface area contributed by atoms with Crippen LogP contribution >= 0.6 is 0 Å². The molecule has 6 rings (SSSR count). The van der Waals surface area contributed by atoms with Gasteiger partial charge in [-0.25, -0.2) is 0 Å². The number of benzene rings is 2. The average molecular weight is 441 g/mol. The molecule has 2 atom stereocenters. The lowest BCUT2D eigenvalue weighted by Gasteiger charge is -2.45. The molecule has 3 aromatic rings. The zero-order valence-electron chi connectivity index (χ0n) is 18.8. The second-order valence-corrected chi connectivity index (χ2v) is 9.36. The van der Waals surface area contributed by atoms with Crippen molar-refractivity contribution in [1.29, 1.82) is 5.26 Å². The standard InChI is InChI=1S/C26H28N6O/c1-17-13-31(24-7-5-18(10-27)26-23(24)3-2-8-29-26)15-22-16-33-25-9-20(30-21-11-28-12-21)6-4-19(25)14-32(17)22/h2-9,17,21-22,28,30H,11-16H2,1H3/t17-,22-/m1/s1. The quantitative estimate of drug-likeness (QED) is 0.648. The van der Waals surface area contributed by atoms with E-state index in [0.717, 1.165) is 60.8 Å². The highest BCUT2D eigenvalue weighted by atomic mass is 16.5. The molecule has 2 fully saturated rings. The number of pyridine rings is 1. The molecule has 0 radical (unpaired) electrons. The lowest BCUT2D eigenvalue weighted by atomic mass is 10.0. The van der Waals surface area contributed by atoms with Gasteiger partial charge >= 0.3 is 0 Å². The van der Waals surface area contributed by atoms with Crippen molar-refractivity contribution >= 4 is 22.3 Å². The molecule has 7 nitrogen and oxygen atoms in total. The van der Waals surface area contributed by atoms with Crippen LogP contribution in [0.3, 0.4) is 0 Å². The van der Waals surface area contributed by atoms with Gasteiger partial charge in [-0.1, -0.05) is 6.07 Å². The van der Waals surface area contributed by atoms with Gasteiger partial charge in [0.05, 0.1) is 23.2 Å². The summed E-state index contributed by atoms with van der Waals surface area (Å²) in [5, 5.41) is 17.4. The lowest BCUT2D eigenvalue weighted by molar-refractivity contribution is 0.0892. The number of ether oxygens (including phenoxy) is 1. The third-order valence-electron chi connectivity index (χ3n) is 7.16. The van der Waals surface area contributed by atoms with Gasteiger partial charge in [0, 0.05) is 73.4 Å². The molecule has 4 heterocycles. The summed E-state index contributed by atoms with van der Waals surface area (Å²) >= 11 is 0. The van der Waals surface area contributed by atoms with Crippen LogP contribution in [0.25, 0.3) is 10.9 Å². The maximum atomic E-state index is 9.50. The van der Waals surface area contributed by atoms with E-state index in [2.05, 4.69) is 68.7 Å². The van der Waals surface area contributed by atoms with Crippen molar-refractivity contribution in [1.82, 2.24) is 15.2 Å². The minimum absolute atomic E-state index is 0.288. The Balaban J connectivity index is 1.26. The van der Waals surface area contributed by atoms with E-state index in [1.807, 2.05) is 12.1 Å². The molecule has 2 aromatic carbocycles. The molecule has 1 aromatic heterocycles. The predicted octanol–water partition coefficient (Wildman–Crippen LogP) is 2.96. The second kappa shape index (κ2) is 8.22. The van der Waals surface area contributed by atoms with E-state index in [-0.39, 0.29) is 6.04 Å². The molecule has 0 aliphatic carbocycles. The van der Waals surface area contributed by atoms with Crippen molar-refractivity contribution in [3.05, 3.63) is 59.8 Å². The highest BCUT2D eigenvalue weighted by Gasteiger charge is 2.35. The Morgan fingerprint density at radius 2 is 2.09 bits per heavy atom. The van der Waals surface area contributed by atoms with Gasteiger partial charge in [0.2, 0.25) is 0 Å². The number of nitrogens with one attached hydrogen (secondary N) is 2. The number of hydrogen-bond acceptors (Lipinski definition) is 7. The van der Waals surface area contributed by atoms with E-state index in [4.69, 9.17) is 4.74 Å². The average Bonchev–Trinajstić information content (AvgIpc) is 3.00. The van der Waals surface area contributed by atoms with Crippen molar-refractivity contribution in [2.75, 3.05) is 43.0 Å². The maximum Gasteiger partial charge on any atom is 0.125 e. The summed E-state index contributed by atoms with van der Waals surface area (Å²) in [6, 6.07) is 18.0. The van der Waals surface area contributed by atoms with E-state index in [1.54, 1.807) is 6.20 Å². The molecule has 168 valence electrons. The molecular weight excluding hydrogens is 412 g/mol. The minimum Gasteiger partial charge on any atom is -0.491 e. The molecule has 3 aliphatic heterocycles. The fraction of sp³-hybridized carbons (Fsp3) is 0.385. The van der Waals surface area contributed by atoms with Crippen LogP contribution in [0.4, 0.5) is 11.4 Å². The highest BCUT2D eigenvalue weighted by Crippen LogP contribution is 2.35. The summed E-state index contributed by atoms with van der Waals surface area (Å²) in [6.45, 7) is 7.70. The van der Waals surface area contributed by atoms with Crippen LogP contribution in [-0.4, -0.2) is 60.8 Å². The van der Waals surface area contributed by atoms with Gasteiger partial charge < -0.3 is 20.3 Å². The Labute approximate surface area is 194 Å². The number of nitrogens with zero attached hydrogens (tertiary/aromatic N) is 4. The molecule has 3 aliphatic rings. The first-order chi connectivity index (χ1) is 16.2. The normalized spacial score (nSPS) is 23.0. The smallest absolute Gasteiger partial charge is 0.125 e. The Bertz CT molecular complexity index is 1230. The zero-order valence-corrected chi connectivity index (χ0v) is 18.8. The summed E-state index contributed by atoms with van der Waals surface area (Å²) in [6.07, 6.45) is 1.76. The summed E-state index contributed by atoms with van der Waals surface area (Å²) in [4.78, 5) is 9.51. The molecule has 0 spiro atoms. The van der Waals surface area contributed by atoms with Crippen LogP contribution in [-0.2, 0) is 6.54 Å². The third kappa shape index (κ3) is 3.65. The van der Waals surface area contributed by atoms with Gasteiger partial charge in [-0.15, -0.1) is 0 Å². The Morgan fingerprint density at radius 1 is 1.18 bits per heavy atom. The van der Waals surface area contributed by atoms with Gasteiger partial charge in [0.1, 0.15) is 18.4 Å². The summed E-state index contributed by atoms with van der Waals surface area (Å²) in [5.74, 6) is 0.994. The first-order valence-electron chi connectivity index (χ1n) is 11.7. The topological polar surface area (TPSA) is 76.5 Å². The van der Waals surface area contributed by atoms with Crippen molar-refractivity contribution in [3.63, 3.8) is 0 Å². The maximum absolute atomic E-state index is 9.50. The molecular formula is C26H28N6O. The summed E-state index contributed by atoms with van der Waals surface area (Å²) in [7, 11) is 0. The van der Waals surface area contributed by atoms with Crippen LogP contribution < -0.4 is 20.3 Å². The van der Waals surface area contributed by atoms with Crippen LogP contribution in [0.1, 0.15) is 18.1 Å². The van der Waals surface area contributed by atoms with Crippen LogP contribution in [0, 0.1) is 11.3 Å². The van der Waals surface area contributed by atoms with Gasteiger partial charge in [-0.3, -0.25) is 9.88 Å². The molecule has 0 bridgehead atoms. The second-order valence-electron chi connectivity index (χ2n) is 9.36. The predicted molar refractivity (Wildman–Crippen MR) is 130 cm³/mol. The van der Waals surface area contributed by atoms with Crippen molar-refractivity contribution in [3.8, 4) is 11.8 Å². The van der Waals surface area contributed by atoms with E-state index in [0.29, 0.717) is 24.3 Å². The number of piperazine rings is 1. The van der Waals surface area contributed by atoms with Gasteiger partial charge in [-0.2, -0.15) is 5.26 Å². The van der Waals surface area contributed by atoms with Crippen LogP contribution in [0.5, 0.6) is 5.75 Å². The Morgan fingerprint density at radius 3 is 2.91 bits per heavy atom. The number of anilines is 2. The largest absolute Gasteiger partial charge is 0.491 e. The van der Waals surface area contributed by atoms with Gasteiger partial charge in [0.25, 0.3) is 0 Å². The Kier molecular flexibility index (Phi) is 5.05. The van der Waals surface area contributed by atoms with E-state index < -0.39 is 0 Å². The van der Waals surface area contributed by atoms with Gasteiger partial charge in [0.15, 0.2) is 0 Å².